The van der Waals surface area contributed by atoms with Gasteiger partial charge in [-0.05, 0) is 18.9 Å². The predicted octanol–water partition coefficient (Wildman–Crippen LogP) is 1.27. The van der Waals surface area contributed by atoms with Gasteiger partial charge in [-0.1, -0.05) is 30.3 Å². The van der Waals surface area contributed by atoms with E-state index in [0.717, 1.165) is 12.0 Å². The van der Waals surface area contributed by atoms with E-state index >= 15 is 0 Å². The van der Waals surface area contributed by atoms with Gasteiger partial charge in [-0.3, -0.25) is 4.79 Å². The molecule has 4 heteroatoms. The number of hydrogen-bond donors (Lipinski definition) is 2. The highest BCUT2D eigenvalue weighted by atomic mass is 16.5. The maximum Gasteiger partial charge on any atom is 0.227 e. The van der Waals surface area contributed by atoms with E-state index in [2.05, 4.69) is 5.32 Å². The van der Waals surface area contributed by atoms with Gasteiger partial charge in [-0.25, -0.2) is 0 Å². The molecule has 1 aromatic rings. The van der Waals surface area contributed by atoms with E-state index in [1.54, 1.807) is 7.11 Å². The summed E-state index contributed by atoms with van der Waals surface area (Å²) in [6.07, 6.45) is 0.723. The van der Waals surface area contributed by atoms with Gasteiger partial charge in [0.1, 0.15) is 0 Å². The SMILES string of the molecule is COCC(N)CCNC(=O)C(C)c1ccccc1. The number of carbonyl (C=O) groups is 1. The largest absolute Gasteiger partial charge is 0.383 e. The fourth-order valence-corrected chi connectivity index (χ4v) is 1.72. The zero-order valence-corrected chi connectivity index (χ0v) is 11.1. The molecule has 18 heavy (non-hydrogen) atoms. The Morgan fingerprint density at radius 1 is 1.39 bits per heavy atom. The maximum absolute atomic E-state index is 11.9. The quantitative estimate of drug-likeness (QED) is 0.766. The van der Waals surface area contributed by atoms with Crippen molar-refractivity contribution in [3.63, 3.8) is 0 Å². The molecule has 0 aliphatic heterocycles. The molecule has 0 saturated carbocycles. The number of nitrogens with two attached hydrogens (primary N) is 1. The van der Waals surface area contributed by atoms with E-state index in [9.17, 15) is 4.79 Å². The van der Waals surface area contributed by atoms with E-state index in [4.69, 9.17) is 10.5 Å². The van der Waals surface area contributed by atoms with Crippen LogP contribution in [0.25, 0.3) is 0 Å². The van der Waals surface area contributed by atoms with Gasteiger partial charge in [-0.15, -0.1) is 0 Å². The standard InChI is InChI=1S/C14H22N2O2/c1-11(12-6-4-3-5-7-12)14(17)16-9-8-13(15)10-18-2/h3-7,11,13H,8-10,15H2,1-2H3,(H,16,17). The Labute approximate surface area is 109 Å². The summed E-state index contributed by atoms with van der Waals surface area (Å²) in [5.74, 6) is -0.101. The lowest BCUT2D eigenvalue weighted by atomic mass is 10.0. The average molecular weight is 250 g/mol. The number of ether oxygens (including phenoxy) is 1. The summed E-state index contributed by atoms with van der Waals surface area (Å²) in [4.78, 5) is 11.9. The molecule has 0 radical (unpaired) electrons. The highest BCUT2D eigenvalue weighted by Gasteiger charge is 2.14. The van der Waals surface area contributed by atoms with Crippen molar-refractivity contribution in [2.45, 2.75) is 25.3 Å². The van der Waals surface area contributed by atoms with E-state index in [-0.39, 0.29) is 17.9 Å². The number of hydrogen-bond acceptors (Lipinski definition) is 3. The molecule has 0 fully saturated rings. The molecule has 0 bridgehead atoms. The van der Waals surface area contributed by atoms with Crippen LogP contribution < -0.4 is 11.1 Å². The van der Waals surface area contributed by atoms with Gasteiger partial charge in [0.05, 0.1) is 12.5 Å². The molecule has 0 aliphatic carbocycles. The Morgan fingerprint density at radius 3 is 2.67 bits per heavy atom. The second-order valence-electron chi connectivity index (χ2n) is 4.43. The first-order chi connectivity index (χ1) is 8.65. The Morgan fingerprint density at radius 2 is 2.06 bits per heavy atom. The van der Waals surface area contributed by atoms with E-state index in [0.29, 0.717) is 13.2 Å². The first-order valence-corrected chi connectivity index (χ1v) is 6.22. The van der Waals surface area contributed by atoms with Gasteiger partial charge < -0.3 is 15.8 Å². The molecule has 1 amide bonds. The summed E-state index contributed by atoms with van der Waals surface area (Å²) in [6.45, 7) is 3.00. The second-order valence-corrected chi connectivity index (χ2v) is 4.43. The number of amides is 1. The molecule has 100 valence electrons. The van der Waals surface area contributed by atoms with Crippen molar-refractivity contribution in [3.8, 4) is 0 Å². The third-order valence-corrected chi connectivity index (χ3v) is 2.89. The molecule has 0 heterocycles. The van der Waals surface area contributed by atoms with E-state index < -0.39 is 0 Å². The lowest BCUT2D eigenvalue weighted by molar-refractivity contribution is -0.122. The van der Waals surface area contributed by atoms with Crippen molar-refractivity contribution in [2.24, 2.45) is 5.73 Å². The fraction of sp³-hybridized carbons (Fsp3) is 0.500. The number of carbonyl (C=O) groups excluding carboxylic acids is 1. The average Bonchev–Trinajstić information content (AvgIpc) is 2.39. The second kappa shape index (κ2) is 7.84. The summed E-state index contributed by atoms with van der Waals surface area (Å²) >= 11 is 0. The molecule has 2 unspecified atom stereocenters. The van der Waals surface area contributed by atoms with Crippen LogP contribution in [0.4, 0.5) is 0 Å². The highest BCUT2D eigenvalue weighted by molar-refractivity contribution is 5.83. The minimum atomic E-state index is -0.134. The van der Waals surface area contributed by atoms with Gasteiger partial charge in [-0.2, -0.15) is 0 Å². The van der Waals surface area contributed by atoms with Crippen LogP contribution in [-0.4, -0.2) is 32.2 Å². The van der Waals surface area contributed by atoms with Crippen LogP contribution in [0.5, 0.6) is 0 Å². The maximum atomic E-state index is 11.9. The van der Waals surface area contributed by atoms with Gasteiger partial charge in [0, 0.05) is 19.7 Å². The zero-order valence-electron chi connectivity index (χ0n) is 11.1. The zero-order chi connectivity index (χ0) is 13.4. The number of methoxy groups -OCH3 is 1. The first-order valence-electron chi connectivity index (χ1n) is 6.22. The lowest BCUT2D eigenvalue weighted by Gasteiger charge is -2.14. The number of rotatable bonds is 7. The van der Waals surface area contributed by atoms with Crippen LogP contribution in [0.1, 0.15) is 24.8 Å². The van der Waals surface area contributed by atoms with E-state index in [1.807, 2.05) is 37.3 Å². The van der Waals surface area contributed by atoms with Crippen molar-refractivity contribution in [1.29, 1.82) is 0 Å². The molecule has 4 nitrogen and oxygen atoms in total. The van der Waals surface area contributed by atoms with Crippen molar-refractivity contribution < 1.29 is 9.53 Å². The fourth-order valence-electron chi connectivity index (χ4n) is 1.72. The van der Waals surface area contributed by atoms with Crippen molar-refractivity contribution >= 4 is 5.91 Å². The third-order valence-electron chi connectivity index (χ3n) is 2.89. The summed E-state index contributed by atoms with van der Waals surface area (Å²) < 4.78 is 4.94. The van der Waals surface area contributed by atoms with Crippen LogP contribution in [0, 0.1) is 0 Å². The lowest BCUT2D eigenvalue weighted by Crippen LogP contribution is -2.34. The van der Waals surface area contributed by atoms with Gasteiger partial charge in [0.15, 0.2) is 0 Å². The van der Waals surface area contributed by atoms with Crippen molar-refractivity contribution in [1.82, 2.24) is 5.32 Å². The Hall–Kier alpha value is -1.39. The number of benzene rings is 1. The molecule has 0 aliphatic rings. The summed E-state index contributed by atoms with van der Waals surface area (Å²) in [5.41, 5.74) is 6.81. The van der Waals surface area contributed by atoms with Gasteiger partial charge in [0.25, 0.3) is 0 Å². The molecule has 0 aromatic heterocycles. The smallest absolute Gasteiger partial charge is 0.227 e. The van der Waals surface area contributed by atoms with Gasteiger partial charge >= 0.3 is 0 Å². The summed E-state index contributed by atoms with van der Waals surface area (Å²) in [6, 6.07) is 9.71. The van der Waals surface area contributed by atoms with Crippen LogP contribution in [0.15, 0.2) is 30.3 Å². The van der Waals surface area contributed by atoms with Gasteiger partial charge in [0.2, 0.25) is 5.91 Å². The molecule has 0 spiro atoms. The monoisotopic (exact) mass is 250 g/mol. The topological polar surface area (TPSA) is 64.3 Å². The van der Waals surface area contributed by atoms with Crippen LogP contribution >= 0.6 is 0 Å². The highest BCUT2D eigenvalue weighted by Crippen LogP contribution is 2.14. The normalized spacial score (nSPS) is 13.9. The summed E-state index contributed by atoms with van der Waals surface area (Å²) in [5, 5.41) is 2.90. The van der Waals surface area contributed by atoms with Crippen molar-refractivity contribution in [3.05, 3.63) is 35.9 Å². The molecular formula is C14H22N2O2. The minimum absolute atomic E-state index is 0.0256. The minimum Gasteiger partial charge on any atom is -0.383 e. The van der Waals surface area contributed by atoms with E-state index in [1.165, 1.54) is 0 Å². The molecule has 2 atom stereocenters. The molecule has 3 N–H and O–H groups in total. The molecule has 0 saturated heterocycles. The number of nitrogens with one attached hydrogen (secondary N) is 1. The molecule has 1 rings (SSSR count). The Kier molecular flexibility index (Phi) is 6.39. The Bertz CT molecular complexity index is 354. The molecular weight excluding hydrogens is 228 g/mol. The summed E-state index contributed by atoms with van der Waals surface area (Å²) in [7, 11) is 1.62. The van der Waals surface area contributed by atoms with Crippen LogP contribution in [-0.2, 0) is 9.53 Å². The van der Waals surface area contributed by atoms with Crippen LogP contribution in [0.2, 0.25) is 0 Å². The Balaban J connectivity index is 2.33. The predicted molar refractivity (Wildman–Crippen MR) is 72.3 cm³/mol. The third kappa shape index (κ3) is 4.85. The first kappa shape index (κ1) is 14.7. The molecule has 1 aromatic carbocycles. The van der Waals surface area contributed by atoms with Crippen LogP contribution in [0.3, 0.4) is 0 Å². The van der Waals surface area contributed by atoms with Crippen molar-refractivity contribution in [2.75, 3.05) is 20.3 Å².